The normalized spacial score (nSPS) is 11.5. The fourth-order valence-electron chi connectivity index (χ4n) is 3.12. The van der Waals surface area contributed by atoms with Crippen molar-refractivity contribution in [3.63, 3.8) is 0 Å². The Hall–Kier alpha value is -3.83. The molecule has 0 aliphatic carbocycles. The summed E-state index contributed by atoms with van der Waals surface area (Å²) in [6.45, 7) is -0.685. The highest BCUT2D eigenvalue weighted by molar-refractivity contribution is 6.00. The Morgan fingerprint density at radius 1 is 1.16 bits per heavy atom. The van der Waals surface area contributed by atoms with Crippen LogP contribution < -0.4 is 15.0 Å². The van der Waals surface area contributed by atoms with Crippen LogP contribution in [-0.4, -0.2) is 50.4 Å². The van der Waals surface area contributed by atoms with E-state index in [1.807, 2.05) is 0 Å². The number of carboxylic acids is 1. The summed E-state index contributed by atoms with van der Waals surface area (Å²) >= 11 is 0. The molecule has 0 atom stereocenters. The number of aromatic nitrogens is 3. The first kappa shape index (κ1) is 22.8. The van der Waals surface area contributed by atoms with Crippen LogP contribution in [0.25, 0.3) is 11.0 Å². The molecule has 2 aromatic heterocycles. The van der Waals surface area contributed by atoms with E-state index in [0.29, 0.717) is 0 Å². The highest BCUT2D eigenvalue weighted by atomic mass is 19.4. The lowest BCUT2D eigenvalue weighted by atomic mass is 10.1. The first-order valence-electron chi connectivity index (χ1n) is 9.32. The SMILES string of the molecule is CCOc1nc2c(c(OCC(F)(F)F)c(C(=O)O)n2C)c(=O)n1CC(=O)c1ccccc1. The third-order valence-corrected chi connectivity index (χ3v) is 4.46. The Morgan fingerprint density at radius 2 is 1.81 bits per heavy atom. The molecule has 0 bridgehead atoms. The Labute approximate surface area is 178 Å². The summed E-state index contributed by atoms with van der Waals surface area (Å²) in [5.41, 5.74) is -1.63. The Kier molecular flexibility index (Phi) is 6.23. The van der Waals surface area contributed by atoms with Crippen LogP contribution in [0.2, 0.25) is 0 Å². The number of ketones is 1. The molecule has 0 unspecified atom stereocenters. The monoisotopic (exact) mass is 453 g/mol. The zero-order chi connectivity index (χ0) is 23.6. The van der Waals surface area contributed by atoms with Crippen molar-refractivity contribution in [3.8, 4) is 11.8 Å². The number of aryl methyl sites for hydroxylation is 1. The fraction of sp³-hybridized carbons (Fsp3) is 0.300. The van der Waals surface area contributed by atoms with Gasteiger partial charge in [0.2, 0.25) is 0 Å². The largest absolute Gasteiger partial charge is 0.481 e. The van der Waals surface area contributed by atoms with Crippen LogP contribution >= 0.6 is 0 Å². The van der Waals surface area contributed by atoms with Gasteiger partial charge >= 0.3 is 18.2 Å². The average molecular weight is 453 g/mol. The molecular weight excluding hydrogens is 435 g/mol. The minimum Gasteiger partial charge on any atom is -0.481 e. The molecule has 0 fully saturated rings. The summed E-state index contributed by atoms with van der Waals surface area (Å²) in [5, 5.41) is 9.00. The molecule has 0 spiro atoms. The smallest absolute Gasteiger partial charge is 0.422 e. The number of nitrogens with zero attached hydrogens (tertiary/aromatic N) is 3. The minimum atomic E-state index is -4.78. The van der Waals surface area contributed by atoms with Crippen LogP contribution in [0.5, 0.6) is 11.8 Å². The van der Waals surface area contributed by atoms with Crippen LogP contribution in [0, 0.1) is 0 Å². The van der Waals surface area contributed by atoms with Crippen LogP contribution in [0.3, 0.4) is 0 Å². The summed E-state index contributed by atoms with van der Waals surface area (Å²) in [7, 11) is 1.22. The number of rotatable bonds is 8. The lowest BCUT2D eigenvalue weighted by Gasteiger charge is -2.13. The highest BCUT2D eigenvalue weighted by Gasteiger charge is 2.33. The number of Topliss-reactive ketones (excluding diaryl/α,β-unsaturated/α-hetero) is 1. The van der Waals surface area contributed by atoms with E-state index < -0.39 is 53.5 Å². The molecule has 0 saturated heterocycles. The van der Waals surface area contributed by atoms with E-state index in [9.17, 15) is 32.7 Å². The standard InChI is InChI=1S/C20H18F3N3O6/c1-3-31-19-24-16-13(15(32-10-20(21,22)23)14(18(29)30)25(16)2)17(28)26(19)9-12(27)11-7-5-4-6-8-11/h4-8H,3,9-10H2,1-2H3,(H,29,30). The van der Waals surface area contributed by atoms with Gasteiger partial charge in [0.05, 0.1) is 13.2 Å². The lowest BCUT2D eigenvalue weighted by molar-refractivity contribution is -0.153. The zero-order valence-corrected chi connectivity index (χ0v) is 17.0. The first-order chi connectivity index (χ1) is 15.0. The molecule has 9 nitrogen and oxygen atoms in total. The minimum absolute atomic E-state index is 0.0606. The van der Waals surface area contributed by atoms with Crippen molar-refractivity contribution in [1.29, 1.82) is 0 Å². The third kappa shape index (κ3) is 4.43. The van der Waals surface area contributed by atoms with E-state index in [-0.39, 0.29) is 23.8 Å². The Balaban J connectivity index is 2.24. The van der Waals surface area contributed by atoms with Crippen molar-refractivity contribution < 1.29 is 37.3 Å². The molecule has 1 aromatic carbocycles. The molecule has 0 amide bonds. The molecule has 3 aromatic rings. The van der Waals surface area contributed by atoms with E-state index in [4.69, 9.17) is 9.47 Å². The first-order valence-corrected chi connectivity index (χ1v) is 9.32. The van der Waals surface area contributed by atoms with Gasteiger partial charge in [-0.3, -0.25) is 14.2 Å². The average Bonchev–Trinajstić information content (AvgIpc) is 3.01. The van der Waals surface area contributed by atoms with E-state index in [0.717, 1.165) is 9.13 Å². The second-order valence-corrected chi connectivity index (χ2v) is 6.65. The maximum Gasteiger partial charge on any atom is 0.422 e. The van der Waals surface area contributed by atoms with E-state index in [1.165, 1.54) is 19.2 Å². The van der Waals surface area contributed by atoms with Crippen molar-refractivity contribution >= 4 is 22.8 Å². The van der Waals surface area contributed by atoms with Crippen LogP contribution in [-0.2, 0) is 13.6 Å². The van der Waals surface area contributed by atoms with Crippen LogP contribution in [0.4, 0.5) is 13.2 Å². The zero-order valence-electron chi connectivity index (χ0n) is 17.0. The molecule has 2 heterocycles. The van der Waals surface area contributed by atoms with E-state index in [1.54, 1.807) is 25.1 Å². The number of hydrogen-bond acceptors (Lipinski definition) is 6. The molecule has 0 saturated carbocycles. The second-order valence-electron chi connectivity index (χ2n) is 6.65. The predicted molar refractivity (Wildman–Crippen MR) is 105 cm³/mol. The summed E-state index contributed by atoms with van der Waals surface area (Å²) in [6, 6.07) is 7.73. The summed E-state index contributed by atoms with van der Waals surface area (Å²) < 4.78 is 50.1. The molecule has 3 rings (SSSR count). The second kappa shape index (κ2) is 8.73. The van der Waals surface area contributed by atoms with Gasteiger partial charge in [-0.2, -0.15) is 18.2 Å². The fourth-order valence-corrected chi connectivity index (χ4v) is 3.12. The molecule has 170 valence electrons. The molecule has 1 N–H and O–H groups in total. The number of carbonyl (C=O) groups is 2. The molecule has 0 radical (unpaired) electrons. The van der Waals surface area contributed by atoms with Crippen molar-refractivity contribution in [2.75, 3.05) is 13.2 Å². The van der Waals surface area contributed by atoms with E-state index >= 15 is 0 Å². The van der Waals surface area contributed by atoms with Gasteiger partial charge in [0, 0.05) is 12.6 Å². The van der Waals surface area contributed by atoms with Crippen LogP contribution in [0.15, 0.2) is 35.1 Å². The van der Waals surface area contributed by atoms with Gasteiger partial charge in [-0.15, -0.1) is 0 Å². The van der Waals surface area contributed by atoms with Gasteiger partial charge in [-0.05, 0) is 6.92 Å². The van der Waals surface area contributed by atoms with E-state index in [2.05, 4.69) is 4.98 Å². The van der Waals surface area contributed by atoms with Crippen molar-refractivity contribution in [2.24, 2.45) is 7.05 Å². The van der Waals surface area contributed by atoms with Gasteiger partial charge in [0.1, 0.15) is 5.39 Å². The Bertz CT molecular complexity index is 1230. The van der Waals surface area contributed by atoms with Gasteiger partial charge in [-0.25, -0.2) is 4.79 Å². The number of benzene rings is 1. The molecule has 12 heteroatoms. The maximum absolute atomic E-state index is 13.2. The highest BCUT2D eigenvalue weighted by Crippen LogP contribution is 2.32. The number of alkyl halides is 3. The summed E-state index contributed by atoms with van der Waals surface area (Å²) in [4.78, 5) is 41.7. The summed E-state index contributed by atoms with van der Waals surface area (Å²) in [6.07, 6.45) is -4.78. The third-order valence-electron chi connectivity index (χ3n) is 4.46. The number of hydrogen-bond donors (Lipinski definition) is 1. The van der Waals surface area contributed by atoms with Crippen molar-refractivity contribution in [2.45, 2.75) is 19.6 Å². The number of carboxylic acid groups (broad SMARTS) is 1. The van der Waals surface area contributed by atoms with Gasteiger partial charge in [0.25, 0.3) is 5.56 Å². The number of ether oxygens (including phenoxy) is 2. The summed E-state index contributed by atoms with van der Waals surface area (Å²) in [5.74, 6) is -2.89. The van der Waals surface area contributed by atoms with Gasteiger partial charge in [-0.1, -0.05) is 30.3 Å². The number of fused-ring (bicyclic) bond motifs is 1. The molecular formula is C20H18F3N3O6. The molecule has 0 aliphatic heterocycles. The topological polar surface area (TPSA) is 113 Å². The van der Waals surface area contributed by atoms with Gasteiger partial charge in [0.15, 0.2) is 29.5 Å². The molecule has 32 heavy (non-hydrogen) atoms. The Morgan fingerprint density at radius 3 is 2.38 bits per heavy atom. The lowest BCUT2D eigenvalue weighted by Crippen LogP contribution is -2.28. The van der Waals surface area contributed by atoms with Crippen LogP contribution in [0.1, 0.15) is 27.8 Å². The number of halogens is 3. The molecule has 0 aliphatic rings. The van der Waals surface area contributed by atoms with Crippen molar-refractivity contribution in [1.82, 2.24) is 14.1 Å². The number of aromatic carboxylic acids is 1. The maximum atomic E-state index is 13.2. The quantitative estimate of drug-likeness (QED) is 0.522. The number of carbonyl (C=O) groups excluding carboxylic acids is 1. The van der Waals surface area contributed by atoms with Crippen molar-refractivity contribution in [3.05, 3.63) is 51.9 Å². The predicted octanol–water partition coefficient (Wildman–Crippen LogP) is 2.66. The van der Waals surface area contributed by atoms with Gasteiger partial charge < -0.3 is 19.1 Å².